The number of halogens is 1. The van der Waals surface area contributed by atoms with Crippen LogP contribution in [-0.4, -0.2) is 70.8 Å². The summed E-state index contributed by atoms with van der Waals surface area (Å²) in [5.74, 6) is 1.17. The molecule has 0 aliphatic carbocycles. The molecule has 3 aromatic rings. The van der Waals surface area contributed by atoms with Crippen molar-refractivity contribution in [2.45, 2.75) is 62.8 Å². The van der Waals surface area contributed by atoms with E-state index in [1.165, 1.54) is 4.80 Å². The van der Waals surface area contributed by atoms with Gasteiger partial charge in [-0.3, -0.25) is 0 Å². The van der Waals surface area contributed by atoms with Crippen molar-refractivity contribution < 1.29 is 9.50 Å². The monoisotopic (exact) mass is 453 g/mol. The van der Waals surface area contributed by atoms with E-state index in [2.05, 4.69) is 42.8 Å². The van der Waals surface area contributed by atoms with Crippen molar-refractivity contribution in [3.05, 3.63) is 24.4 Å². The topological polar surface area (TPSA) is 118 Å². The van der Waals surface area contributed by atoms with Gasteiger partial charge in [-0.15, -0.1) is 20.4 Å². The number of fused-ring (bicyclic) bond motifs is 2. The molecule has 4 atom stereocenters. The van der Waals surface area contributed by atoms with Gasteiger partial charge in [-0.1, -0.05) is 6.07 Å². The number of hydrogen-bond donors (Lipinski definition) is 2. The molecule has 2 bridgehead atoms. The summed E-state index contributed by atoms with van der Waals surface area (Å²) in [6.07, 6.45) is 4.10. The summed E-state index contributed by atoms with van der Waals surface area (Å²) in [7, 11) is 3.52. The molecule has 2 N–H and O–H groups in total. The van der Waals surface area contributed by atoms with E-state index in [0.29, 0.717) is 29.2 Å². The van der Waals surface area contributed by atoms with Crippen molar-refractivity contribution in [1.29, 1.82) is 0 Å². The summed E-state index contributed by atoms with van der Waals surface area (Å²) < 4.78 is 15.6. The molecule has 174 valence electrons. The van der Waals surface area contributed by atoms with Crippen molar-refractivity contribution >= 4 is 5.82 Å². The molecule has 2 aliphatic rings. The van der Waals surface area contributed by atoms with Crippen molar-refractivity contribution in [3.8, 4) is 28.5 Å². The standard InChI is InChI=1S/C22H28FN9O/c1-21-8-5-9-22(2,29-21)18(23)15(11-21)31(3)17-12-24-20(26-25-17)14-7-6-13(10-16(14)33)19-27-30-32(4)28-19/h6-7,10,12,15,18,29,33H,5,8-9,11H2,1-4H3/t15-,18-,21-,22+/m0/s1. The van der Waals surface area contributed by atoms with Crippen LogP contribution >= 0.6 is 0 Å². The number of nitrogens with one attached hydrogen (secondary N) is 1. The smallest absolute Gasteiger partial charge is 0.205 e. The molecule has 11 heteroatoms. The second-order valence-electron chi connectivity index (χ2n) is 9.72. The Morgan fingerprint density at radius 3 is 2.67 bits per heavy atom. The van der Waals surface area contributed by atoms with Crippen LogP contribution in [0.4, 0.5) is 10.2 Å². The molecule has 0 saturated carbocycles. The lowest BCUT2D eigenvalue weighted by Crippen LogP contribution is -2.72. The lowest BCUT2D eigenvalue weighted by Gasteiger charge is -2.56. The van der Waals surface area contributed by atoms with Gasteiger partial charge >= 0.3 is 0 Å². The quantitative estimate of drug-likeness (QED) is 0.613. The predicted molar refractivity (Wildman–Crippen MR) is 120 cm³/mol. The Kier molecular flexibility index (Phi) is 5.04. The van der Waals surface area contributed by atoms with E-state index in [1.54, 1.807) is 31.4 Å². The first-order valence-electron chi connectivity index (χ1n) is 11.1. The van der Waals surface area contributed by atoms with Gasteiger partial charge in [0, 0.05) is 23.7 Å². The molecule has 0 spiro atoms. The van der Waals surface area contributed by atoms with Crippen LogP contribution < -0.4 is 10.2 Å². The summed E-state index contributed by atoms with van der Waals surface area (Å²) in [6.45, 7) is 4.15. The van der Waals surface area contributed by atoms with Crippen molar-refractivity contribution in [3.63, 3.8) is 0 Å². The number of alkyl halides is 1. The molecule has 33 heavy (non-hydrogen) atoms. The minimum absolute atomic E-state index is 0.0151. The molecular formula is C22H28FN9O. The molecule has 0 unspecified atom stereocenters. The lowest BCUT2D eigenvalue weighted by atomic mass is 9.68. The number of phenolic OH excluding ortho intramolecular Hbond substituents is 1. The average Bonchev–Trinajstić information content (AvgIpc) is 3.22. The van der Waals surface area contributed by atoms with Gasteiger partial charge in [0.05, 0.1) is 24.8 Å². The summed E-state index contributed by atoms with van der Waals surface area (Å²) >= 11 is 0. The first-order valence-corrected chi connectivity index (χ1v) is 11.1. The highest BCUT2D eigenvalue weighted by Gasteiger charge is 2.53. The number of phenols is 1. The van der Waals surface area contributed by atoms with E-state index in [4.69, 9.17) is 0 Å². The fraction of sp³-hybridized carbons (Fsp3) is 0.545. The number of anilines is 1. The zero-order valence-corrected chi connectivity index (χ0v) is 19.2. The van der Waals surface area contributed by atoms with Crippen LogP contribution in [0, 0.1) is 0 Å². The summed E-state index contributed by atoms with van der Waals surface area (Å²) in [5, 5.41) is 34.5. The van der Waals surface area contributed by atoms with E-state index in [0.717, 1.165) is 19.3 Å². The SMILES string of the molecule is CN(c1cnc(-c2ccc(-c3nnn(C)n3)cc2O)nn1)[C@H]1C[C@]2(C)CCC[C@@](C)(N2)[C@H]1F. The maximum atomic E-state index is 15.6. The molecule has 2 aliphatic heterocycles. The molecule has 10 nitrogen and oxygen atoms in total. The van der Waals surface area contributed by atoms with E-state index in [9.17, 15) is 5.11 Å². The number of piperidine rings is 2. The Morgan fingerprint density at radius 1 is 1.18 bits per heavy atom. The first-order chi connectivity index (χ1) is 15.7. The second kappa shape index (κ2) is 7.68. The minimum Gasteiger partial charge on any atom is -0.507 e. The van der Waals surface area contributed by atoms with Gasteiger partial charge in [-0.05, 0) is 56.9 Å². The van der Waals surface area contributed by atoms with Gasteiger partial charge in [0.25, 0.3) is 0 Å². The highest BCUT2D eigenvalue weighted by atomic mass is 19.1. The largest absolute Gasteiger partial charge is 0.507 e. The van der Waals surface area contributed by atoms with Gasteiger partial charge < -0.3 is 15.3 Å². The Morgan fingerprint density at radius 2 is 2.00 bits per heavy atom. The normalized spacial score (nSPS) is 29.1. The Labute approximate surface area is 191 Å². The number of hydrogen-bond acceptors (Lipinski definition) is 9. The maximum absolute atomic E-state index is 15.6. The van der Waals surface area contributed by atoms with Gasteiger partial charge in [0.15, 0.2) is 11.6 Å². The van der Waals surface area contributed by atoms with Crippen LogP contribution in [0.5, 0.6) is 5.75 Å². The molecule has 4 heterocycles. The third-order valence-electron chi connectivity index (χ3n) is 7.03. The fourth-order valence-electron chi connectivity index (χ4n) is 5.33. The van der Waals surface area contributed by atoms with Gasteiger partial charge in [-0.25, -0.2) is 9.37 Å². The molecule has 1 aromatic carbocycles. The third kappa shape index (κ3) is 3.79. The summed E-state index contributed by atoms with van der Waals surface area (Å²) in [5.41, 5.74) is 0.419. The first kappa shape index (κ1) is 21.6. The number of aromatic nitrogens is 7. The number of tetrazole rings is 1. The van der Waals surface area contributed by atoms with Crippen LogP contribution in [0.1, 0.15) is 39.5 Å². The Balaban J connectivity index is 1.37. The third-order valence-corrected chi connectivity index (χ3v) is 7.03. The highest BCUT2D eigenvalue weighted by molar-refractivity contribution is 5.69. The molecule has 2 aromatic heterocycles. The van der Waals surface area contributed by atoms with Crippen LogP contribution in [0.2, 0.25) is 0 Å². The Bertz CT molecular complexity index is 1170. The van der Waals surface area contributed by atoms with E-state index >= 15 is 4.39 Å². The van der Waals surface area contributed by atoms with E-state index < -0.39 is 11.7 Å². The fourth-order valence-corrected chi connectivity index (χ4v) is 5.33. The summed E-state index contributed by atoms with van der Waals surface area (Å²) in [4.78, 5) is 7.60. The van der Waals surface area contributed by atoms with Crippen molar-refractivity contribution in [1.82, 2.24) is 40.7 Å². The molecule has 0 amide bonds. The zero-order chi connectivity index (χ0) is 23.4. The van der Waals surface area contributed by atoms with Crippen LogP contribution in [0.25, 0.3) is 22.8 Å². The molecule has 5 rings (SSSR count). The zero-order valence-electron chi connectivity index (χ0n) is 19.2. The predicted octanol–water partition coefficient (Wildman–Crippen LogP) is 2.27. The van der Waals surface area contributed by atoms with Gasteiger partial charge in [-0.2, -0.15) is 4.80 Å². The van der Waals surface area contributed by atoms with Crippen LogP contribution in [0.15, 0.2) is 24.4 Å². The highest BCUT2D eigenvalue weighted by Crippen LogP contribution is 2.43. The van der Waals surface area contributed by atoms with Crippen LogP contribution in [-0.2, 0) is 7.05 Å². The average molecular weight is 454 g/mol. The number of rotatable bonds is 4. The van der Waals surface area contributed by atoms with E-state index in [-0.39, 0.29) is 23.2 Å². The molecule has 2 fully saturated rings. The van der Waals surface area contributed by atoms with Gasteiger partial charge in [0.2, 0.25) is 5.82 Å². The minimum atomic E-state index is -1.04. The molecule has 0 radical (unpaired) electrons. The van der Waals surface area contributed by atoms with Crippen molar-refractivity contribution in [2.75, 3.05) is 11.9 Å². The van der Waals surface area contributed by atoms with Crippen LogP contribution in [0.3, 0.4) is 0 Å². The summed E-state index contributed by atoms with van der Waals surface area (Å²) in [6, 6.07) is 4.67. The number of nitrogens with zero attached hydrogens (tertiary/aromatic N) is 8. The number of aromatic hydroxyl groups is 1. The molecule has 2 saturated heterocycles. The Hall–Kier alpha value is -3.21. The maximum Gasteiger partial charge on any atom is 0.205 e. The van der Waals surface area contributed by atoms with Gasteiger partial charge in [0.1, 0.15) is 11.9 Å². The van der Waals surface area contributed by atoms with Crippen molar-refractivity contribution in [2.24, 2.45) is 7.05 Å². The molecular weight excluding hydrogens is 425 g/mol. The number of aryl methyl sites for hydroxylation is 1. The van der Waals surface area contributed by atoms with E-state index in [1.807, 2.05) is 18.9 Å². The second-order valence-corrected chi connectivity index (χ2v) is 9.72. The lowest BCUT2D eigenvalue weighted by molar-refractivity contribution is 0.00193. The number of benzene rings is 1.